The van der Waals surface area contributed by atoms with Crippen LogP contribution in [0.25, 0.3) is 77.0 Å². The first kappa shape index (κ1) is 22.6. The van der Waals surface area contributed by atoms with E-state index in [1.807, 2.05) is 0 Å². The van der Waals surface area contributed by atoms with Gasteiger partial charge in [-0.05, 0) is 44.5 Å². The molecule has 6 aromatic carbocycles. The molecule has 2 nitrogen and oxygen atoms in total. The fraction of sp³-hybridized carbons (Fsp3) is 0. The maximum atomic E-state index is 5.33. The Morgan fingerprint density at radius 2 is 0.650 bits per heavy atom. The van der Waals surface area contributed by atoms with Gasteiger partial charge in [-0.15, -0.1) is 0 Å². The number of pyridine rings is 2. The van der Waals surface area contributed by atoms with E-state index >= 15 is 0 Å². The van der Waals surface area contributed by atoms with Crippen LogP contribution >= 0.6 is 0 Å². The Bertz CT molecular complexity index is 2060. The molecule has 0 unspecified atom stereocenters. The molecule has 0 aliphatic carbocycles. The lowest BCUT2D eigenvalue weighted by Crippen LogP contribution is -1.96. The highest BCUT2D eigenvalue weighted by molar-refractivity contribution is 6.07. The lowest BCUT2D eigenvalue weighted by molar-refractivity contribution is 1.28. The zero-order valence-electron chi connectivity index (χ0n) is 21.8. The Labute approximate surface area is 232 Å². The molecule has 8 rings (SSSR count). The summed E-state index contributed by atoms with van der Waals surface area (Å²) in [7, 11) is 0. The number of nitrogens with zero attached hydrogens (tertiary/aromatic N) is 2. The van der Waals surface area contributed by atoms with Crippen molar-refractivity contribution in [2.24, 2.45) is 0 Å². The first-order valence-corrected chi connectivity index (χ1v) is 13.6. The van der Waals surface area contributed by atoms with E-state index in [4.69, 9.17) is 9.97 Å². The Morgan fingerprint density at radius 3 is 1.10 bits per heavy atom. The van der Waals surface area contributed by atoms with Crippen LogP contribution in [0.5, 0.6) is 0 Å². The molecule has 186 valence electrons. The molecule has 0 aliphatic heterocycles. The van der Waals surface area contributed by atoms with Gasteiger partial charge >= 0.3 is 0 Å². The average molecular weight is 509 g/mol. The number of rotatable bonds is 3. The lowest BCUT2D eigenvalue weighted by Gasteiger charge is -2.14. The summed E-state index contributed by atoms with van der Waals surface area (Å²) in [4.78, 5) is 10.7. The Kier molecular flexibility index (Phi) is 5.17. The van der Waals surface area contributed by atoms with Gasteiger partial charge in [-0.25, -0.2) is 9.97 Å². The van der Waals surface area contributed by atoms with Crippen LogP contribution in [0, 0.1) is 0 Å². The third kappa shape index (κ3) is 3.65. The molecule has 0 bridgehead atoms. The average Bonchev–Trinajstić information content (AvgIpc) is 3.03. The highest BCUT2D eigenvalue weighted by Gasteiger charge is 2.16. The topological polar surface area (TPSA) is 25.8 Å². The summed E-state index contributed by atoms with van der Waals surface area (Å²) in [5.41, 5.74) is 5.96. The number of hydrogen-bond acceptors (Lipinski definition) is 2. The maximum absolute atomic E-state index is 5.33. The molecule has 2 heterocycles. The summed E-state index contributed by atoms with van der Waals surface area (Å²) in [6, 6.07) is 51.3. The number of aromatic nitrogens is 2. The third-order valence-corrected chi connectivity index (χ3v) is 7.83. The molecule has 0 aliphatic rings. The van der Waals surface area contributed by atoms with Crippen LogP contribution in [0.2, 0.25) is 0 Å². The van der Waals surface area contributed by atoms with Crippen LogP contribution in [0.1, 0.15) is 0 Å². The second-order valence-corrected chi connectivity index (χ2v) is 10.2. The van der Waals surface area contributed by atoms with E-state index in [-0.39, 0.29) is 0 Å². The zero-order valence-corrected chi connectivity index (χ0v) is 21.8. The minimum absolute atomic E-state index is 0.869. The van der Waals surface area contributed by atoms with Crippen molar-refractivity contribution in [3.8, 4) is 33.9 Å². The lowest BCUT2D eigenvalue weighted by atomic mass is 9.96. The van der Waals surface area contributed by atoms with Gasteiger partial charge in [0.05, 0.1) is 22.8 Å². The van der Waals surface area contributed by atoms with E-state index in [1.165, 1.54) is 21.5 Å². The number of benzene rings is 6. The normalized spacial score (nSPS) is 11.5. The van der Waals surface area contributed by atoms with Gasteiger partial charge in [0.25, 0.3) is 0 Å². The van der Waals surface area contributed by atoms with E-state index in [1.54, 1.807) is 0 Å². The fourth-order valence-electron chi connectivity index (χ4n) is 5.93. The van der Waals surface area contributed by atoms with Crippen LogP contribution < -0.4 is 0 Å². The molecule has 0 saturated carbocycles. The molecule has 0 saturated heterocycles. The smallest absolute Gasteiger partial charge is 0.0900 e. The van der Waals surface area contributed by atoms with Gasteiger partial charge in [0.15, 0.2) is 0 Å². The molecule has 0 spiro atoms. The van der Waals surface area contributed by atoms with Crippen molar-refractivity contribution in [2.75, 3.05) is 0 Å². The SMILES string of the molecule is c1ccc2c(-c3nc(-c4cc5ccccc5c(-c5cccc6ccccc56)n4)cc4ccccc34)cccc2c1. The molecule has 0 radical (unpaired) electrons. The van der Waals surface area contributed by atoms with Crippen LogP contribution in [0.4, 0.5) is 0 Å². The molecule has 2 aromatic heterocycles. The predicted molar refractivity (Wildman–Crippen MR) is 168 cm³/mol. The van der Waals surface area contributed by atoms with E-state index in [9.17, 15) is 0 Å². The van der Waals surface area contributed by atoms with Crippen molar-refractivity contribution in [1.29, 1.82) is 0 Å². The number of fused-ring (bicyclic) bond motifs is 4. The van der Waals surface area contributed by atoms with Gasteiger partial charge in [-0.2, -0.15) is 0 Å². The molecule has 0 fully saturated rings. The molecule has 2 heteroatoms. The van der Waals surface area contributed by atoms with Gasteiger partial charge in [-0.3, -0.25) is 0 Å². The second-order valence-electron chi connectivity index (χ2n) is 10.2. The third-order valence-electron chi connectivity index (χ3n) is 7.83. The van der Waals surface area contributed by atoms with Crippen molar-refractivity contribution in [1.82, 2.24) is 9.97 Å². The quantitative estimate of drug-likeness (QED) is 0.237. The summed E-state index contributed by atoms with van der Waals surface area (Å²) in [6.07, 6.45) is 0. The first-order valence-electron chi connectivity index (χ1n) is 13.6. The Balaban J connectivity index is 1.43. The largest absolute Gasteiger partial charge is 0.245 e. The minimum Gasteiger partial charge on any atom is -0.245 e. The van der Waals surface area contributed by atoms with Crippen molar-refractivity contribution in [3.63, 3.8) is 0 Å². The van der Waals surface area contributed by atoms with Crippen LogP contribution in [0.3, 0.4) is 0 Å². The number of hydrogen-bond donors (Lipinski definition) is 0. The van der Waals surface area contributed by atoms with Crippen molar-refractivity contribution >= 4 is 43.1 Å². The highest BCUT2D eigenvalue weighted by Crippen LogP contribution is 2.38. The second kappa shape index (κ2) is 9.14. The van der Waals surface area contributed by atoms with Crippen LogP contribution in [-0.4, -0.2) is 9.97 Å². The zero-order chi connectivity index (χ0) is 26.5. The van der Waals surface area contributed by atoms with E-state index in [0.717, 1.165) is 55.4 Å². The Hall–Kier alpha value is -5.34. The Morgan fingerprint density at radius 1 is 0.300 bits per heavy atom. The molecular weight excluding hydrogens is 484 g/mol. The minimum atomic E-state index is 0.869. The standard InChI is InChI=1S/C38H24N2/c1-5-17-29-25(11-1)15-9-21-33(29)37-31-19-7-3-13-27(31)23-35(39-37)36-24-28-14-4-8-20-32(28)38(40-36)34-22-10-16-26-12-2-6-18-30(26)34/h1-24H. The van der Waals surface area contributed by atoms with Gasteiger partial charge in [0.1, 0.15) is 0 Å². The van der Waals surface area contributed by atoms with Gasteiger partial charge in [-0.1, -0.05) is 133 Å². The summed E-state index contributed by atoms with van der Waals surface area (Å²) in [5, 5.41) is 9.38. The van der Waals surface area contributed by atoms with Crippen LogP contribution in [-0.2, 0) is 0 Å². The van der Waals surface area contributed by atoms with Crippen molar-refractivity contribution in [3.05, 3.63) is 146 Å². The molecule has 8 aromatic rings. The van der Waals surface area contributed by atoms with Gasteiger partial charge in [0, 0.05) is 21.9 Å². The first-order chi connectivity index (χ1) is 19.8. The maximum Gasteiger partial charge on any atom is 0.0900 e. The van der Waals surface area contributed by atoms with E-state index in [0.29, 0.717) is 0 Å². The monoisotopic (exact) mass is 508 g/mol. The predicted octanol–water partition coefficient (Wildman–Crippen LogP) is 10.1. The summed E-state index contributed by atoms with van der Waals surface area (Å²) in [5.74, 6) is 0. The van der Waals surface area contributed by atoms with Gasteiger partial charge < -0.3 is 0 Å². The summed E-state index contributed by atoms with van der Waals surface area (Å²) in [6.45, 7) is 0. The van der Waals surface area contributed by atoms with Crippen molar-refractivity contribution < 1.29 is 0 Å². The highest BCUT2D eigenvalue weighted by atomic mass is 14.8. The molecule has 40 heavy (non-hydrogen) atoms. The van der Waals surface area contributed by atoms with Gasteiger partial charge in [0.2, 0.25) is 0 Å². The van der Waals surface area contributed by atoms with Crippen molar-refractivity contribution in [2.45, 2.75) is 0 Å². The summed E-state index contributed by atoms with van der Waals surface area (Å²) < 4.78 is 0. The molecule has 0 amide bonds. The molecule has 0 N–H and O–H groups in total. The summed E-state index contributed by atoms with van der Waals surface area (Å²) >= 11 is 0. The van der Waals surface area contributed by atoms with E-state index < -0.39 is 0 Å². The van der Waals surface area contributed by atoms with E-state index in [2.05, 4.69) is 146 Å². The fourth-order valence-corrected chi connectivity index (χ4v) is 5.93. The molecule has 0 atom stereocenters. The molecular formula is C38H24N2. The van der Waals surface area contributed by atoms with Crippen LogP contribution in [0.15, 0.2) is 146 Å².